The highest BCUT2D eigenvalue weighted by Gasteiger charge is 2.35. The number of hydrogen-bond donors (Lipinski definition) is 2. The maximum atomic E-state index is 10.5. The highest BCUT2D eigenvalue weighted by Crippen LogP contribution is 2.27. The zero-order chi connectivity index (χ0) is 13.2. The van der Waals surface area contributed by atoms with Crippen LogP contribution in [0, 0.1) is 0 Å². The average Bonchev–Trinajstić information content (AvgIpc) is 2.80. The number of aryl methyl sites for hydroxylation is 1. The number of carboxylic acid groups (broad SMARTS) is 1. The molecule has 1 aliphatic heterocycles. The van der Waals surface area contributed by atoms with Gasteiger partial charge in [0.05, 0.1) is 12.0 Å². The van der Waals surface area contributed by atoms with Crippen molar-refractivity contribution >= 4 is 5.97 Å². The van der Waals surface area contributed by atoms with Crippen LogP contribution >= 0.6 is 0 Å². The van der Waals surface area contributed by atoms with Crippen LogP contribution in [0.2, 0.25) is 0 Å². The third-order valence-corrected chi connectivity index (χ3v) is 3.35. The highest BCUT2D eigenvalue weighted by atomic mass is 16.5. The van der Waals surface area contributed by atoms with Gasteiger partial charge in [-0.1, -0.05) is 5.16 Å². The zero-order valence-electron chi connectivity index (χ0n) is 10.4. The van der Waals surface area contributed by atoms with Crippen molar-refractivity contribution in [2.75, 3.05) is 20.1 Å². The Labute approximate surface area is 105 Å². The average molecular weight is 254 g/mol. The Morgan fingerprint density at radius 1 is 1.56 bits per heavy atom. The standard InChI is InChI=1S/C11H18N4O3/c1-15-6-4-11(12,5-7-15)10-13-8(18-14-10)2-3-9(16)17/h2-7,12H2,1H3,(H,16,17). The van der Waals surface area contributed by atoms with Crippen LogP contribution in [0.15, 0.2) is 4.52 Å². The number of carboxylic acids is 1. The Morgan fingerprint density at radius 2 is 2.22 bits per heavy atom. The number of carbonyl (C=O) groups is 1. The summed E-state index contributed by atoms with van der Waals surface area (Å²) in [4.78, 5) is 16.9. The number of aliphatic carboxylic acids is 1. The number of likely N-dealkylation sites (tertiary alicyclic amines) is 1. The van der Waals surface area contributed by atoms with Crippen molar-refractivity contribution in [3.05, 3.63) is 11.7 Å². The molecule has 7 nitrogen and oxygen atoms in total. The van der Waals surface area contributed by atoms with Crippen molar-refractivity contribution in [3.8, 4) is 0 Å². The third-order valence-electron chi connectivity index (χ3n) is 3.35. The van der Waals surface area contributed by atoms with E-state index in [1.54, 1.807) is 0 Å². The smallest absolute Gasteiger partial charge is 0.303 e. The molecule has 18 heavy (non-hydrogen) atoms. The van der Waals surface area contributed by atoms with Gasteiger partial charge < -0.3 is 20.3 Å². The van der Waals surface area contributed by atoms with Crippen LogP contribution in [0.4, 0.5) is 0 Å². The molecule has 1 aliphatic rings. The lowest BCUT2D eigenvalue weighted by Gasteiger charge is -2.35. The Kier molecular flexibility index (Phi) is 3.63. The normalized spacial score (nSPS) is 19.9. The summed E-state index contributed by atoms with van der Waals surface area (Å²) in [6, 6.07) is 0. The quantitative estimate of drug-likeness (QED) is 0.777. The summed E-state index contributed by atoms with van der Waals surface area (Å²) >= 11 is 0. The predicted octanol–water partition coefficient (Wildman–Crippen LogP) is -0.0336. The fourth-order valence-corrected chi connectivity index (χ4v) is 2.01. The fraction of sp³-hybridized carbons (Fsp3) is 0.727. The number of aromatic nitrogens is 2. The van der Waals surface area contributed by atoms with Crippen LogP contribution in [0.5, 0.6) is 0 Å². The topological polar surface area (TPSA) is 105 Å². The third kappa shape index (κ3) is 2.85. The molecular formula is C11H18N4O3. The van der Waals surface area contributed by atoms with Gasteiger partial charge in [0.2, 0.25) is 5.89 Å². The molecule has 0 atom stereocenters. The van der Waals surface area contributed by atoms with Crippen molar-refractivity contribution in [1.82, 2.24) is 15.0 Å². The molecule has 1 fully saturated rings. The summed E-state index contributed by atoms with van der Waals surface area (Å²) < 4.78 is 5.04. The predicted molar refractivity (Wildman–Crippen MR) is 62.9 cm³/mol. The van der Waals surface area contributed by atoms with Gasteiger partial charge in [-0.05, 0) is 19.9 Å². The van der Waals surface area contributed by atoms with Crippen LogP contribution in [-0.2, 0) is 16.8 Å². The first kappa shape index (κ1) is 13.0. The minimum atomic E-state index is -0.878. The molecule has 2 rings (SSSR count). The van der Waals surface area contributed by atoms with E-state index in [1.165, 1.54) is 0 Å². The van der Waals surface area contributed by atoms with Gasteiger partial charge in [-0.15, -0.1) is 0 Å². The maximum Gasteiger partial charge on any atom is 0.303 e. The lowest BCUT2D eigenvalue weighted by Crippen LogP contribution is -2.47. The van der Waals surface area contributed by atoms with E-state index in [9.17, 15) is 4.79 Å². The largest absolute Gasteiger partial charge is 0.481 e. The van der Waals surface area contributed by atoms with E-state index >= 15 is 0 Å². The van der Waals surface area contributed by atoms with Gasteiger partial charge in [0.1, 0.15) is 0 Å². The lowest BCUT2D eigenvalue weighted by atomic mass is 9.88. The monoisotopic (exact) mass is 254 g/mol. The van der Waals surface area contributed by atoms with E-state index in [1.807, 2.05) is 7.05 Å². The molecule has 100 valence electrons. The second kappa shape index (κ2) is 5.03. The van der Waals surface area contributed by atoms with Gasteiger partial charge in [0.25, 0.3) is 0 Å². The maximum absolute atomic E-state index is 10.5. The molecule has 0 bridgehead atoms. The summed E-state index contributed by atoms with van der Waals surface area (Å²) in [5.41, 5.74) is 5.74. The molecule has 1 aromatic heterocycles. The molecule has 7 heteroatoms. The Balaban J connectivity index is 2.02. The van der Waals surface area contributed by atoms with E-state index in [0.717, 1.165) is 25.9 Å². The molecule has 0 saturated carbocycles. The molecule has 0 spiro atoms. The van der Waals surface area contributed by atoms with Gasteiger partial charge in [-0.25, -0.2) is 0 Å². The molecule has 3 N–H and O–H groups in total. The van der Waals surface area contributed by atoms with Crippen molar-refractivity contribution in [3.63, 3.8) is 0 Å². The molecule has 1 saturated heterocycles. The zero-order valence-corrected chi connectivity index (χ0v) is 10.4. The number of nitrogens with zero attached hydrogens (tertiary/aromatic N) is 3. The molecule has 0 radical (unpaired) electrons. The van der Waals surface area contributed by atoms with E-state index in [2.05, 4.69) is 15.0 Å². The molecule has 0 unspecified atom stereocenters. The van der Waals surface area contributed by atoms with Crippen molar-refractivity contribution in [2.24, 2.45) is 5.73 Å². The SMILES string of the molecule is CN1CCC(N)(c2noc(CCC(=O)O)n2)CC1. The molecule has 0 amide bonds. The minimum Gasteiger partial charge on any atom is -0.481 e. The number of nitrogens with two attached hydrogens (primary N) is 1. The number of piperidine rings is 1. The summed E-state index contributed by atoms with van der Waals surface area (Å²) in [6.07, 6.45) is 1.79. The summed E-state index contributed by atoms with van der Waals surface area (Å²) in [7, 11) is 2.05. The number of hydrogen-bond acceptors (Lipinski definition) is 6. The van der Waals surface area contributed by atoms with Crippen LogP contribution in [0.3, 0.4) is 0 Å². The van der Waals surface area contributed by atoms with Crippen LogP contribution < -0.4 is 5.73 Å². The molecule has 0 aromatic carbocycles. The first-order valence-electron chi connectivity index (χ1n) is 6.02. The number of rotatable bonds is 4. The summed E-state index contributed by atoms with van der Waals surface area (Å²) in [6.45, 7) is 1.80. The van der Waals surface area contributed by atoms with E-state index in [0.29, 0.717) is 11.7 Å². The van der Waals surface area contributed by atoms with E-state index in [4.69, 9.17) is 15.4 Å². The highest BCUT2D eigenvalue weighted by molar-refractivity contribution is 5.66. The first-order chi connectivity index (χ1) is 8.49. The lowest BCUT2D eigenvalue weighted by molar-refractivity contribution is -0.137. The Bertz CT molecular complexity index is 424. The Hall–Kier alpha value is -1.47. The van der Waals surface area contributed by atoms with Gasteiger partial charge in [-0.2, -0.15) is 4.98 Å². The van der Waals surface area contributed by atoms with Crippen LogP contribution in [0.25, 0.3) is 0 Å². The van der Waals surface area contributed by atoms with Crippen LogP contribution in [-0.4, -0.2) is 46.3 Å². The molecule has 0 aliphatic carbocycles. The van der Waals surface area contributed by atoms with Crippen LogP contribution in [0.1, 0.15) is 31.0 Å². The van der Waals surface area contributed by atoms with Crippen molar-refractivity contribution in [2.45, 2.75) is 31.2 Å². The van der Waals surface area contributed by atoms with Gasteiger partial charge >= 0.3 is 5.97 Å². The molecule has 1 aromatic rings. The Morgan fingerprint density at radius 3 is 2.83 bits per heavy atom. The van der Waals surface area contributed by atoms with E-state index in [-0.39, 0.29) is 12.8 Å². The minimum absolute atomic E-state index is 0.0120. The summed E-state index contributed by atoms with van der Waals surface area (Å²) in [5.74, 6) is -0.0383. The van der Waals surface area contributed by atoms with Crippen molar-refractivity contribution in [1.29, 1.82) is 0 Å². The van der Waals surface area contributed by atoms with Crippen molar-refractivity contribution < 1.29 is 14.4 Å². The molecule has 2 heterocycles. The van der Waals surface area contributed by atoms with Gasteiger partial charge in [-0.3, -0.25) is 4.79 Å². The van der Waals surface area contributed by atoms with E-state index < -0.39 is 11.5 Å². The first-order valence-corrected chi connectivity index (χ1v) is 6.02. The second-order valence-electron chi connectivity index (χ2n) is 4.86. The molecular weight excluding hydrogens is 236 g/mol. The second-order valence-corrected chi connectivity index (χ2v) is 4.86. The summed E-state index contributed by atoms with van der Waals surface area (Å²) in [5, 5.41) is 12.5. The van der Waals surface area contributed by atoms with Gasteiger partial charge in [0.15, 0.2) is 5.82 Å². The fourth-order valence-electron chi connectivity index (χ4n) is 2.01. The van der Waals surface area contributed by atoms with Gasteiger partial charge in [0, 0.05) is 19.5 Å².